The van der Waals surface area contributed by atoms with Gasteiger partial charge in [-0.15, -0.1) is 0 Å². The molecule has 2 nitrogen and oxygen atoms in total. The summed E-state index contributed by atoms with van der Waals surface area (Å²) in [6.07, 6.45) is 4.72. The molecule has 0 saturated heterocycles. The zero-order chi connectivity index (χ0) is 14.1. The number of hydrogen-bond donors (Lipinski definition) is 1. The summed E-state index contributed by atoms with van der Waals surface area (Å²) in [5, 5.41) is 0. The van der Waals surface area contributed by atoms with Crippen LogP contribution in [0.1, 0.15) is 66.7 Å². The van der Waals surface area contributed by atoms with Crippen LogP contribution in [0.25, 0.3) is 0 Å². The van der Waals surface area contributed by atoms with E-state index in [1.54, 1.807) is 0 Å². The zero-order valence-corrected chi connectivity index (χ0v) is 13.0. The summed E-state index contributed by atoms with van der Waals surface area (Å²) in [7, 11) is 0. The molecule has 0 saturated carbocycles. The van der Waals surface area contributed by atoms with E-state index in [2.05, 4.69) is 34.6 Å². The molecule has 2 atom stereocenters. The second-order valence-corrected chi connectivity index (χ2v) is 6.60. The molecule has 0 aromatic rings. The largest absolute Gasteiger partial charge is 0.330 e. The summed E-state index contributed by atoms with van der Waals surface area (Å²) in [6.45, 7) is 11.8. The van der Waals surface area contributed by atoms with Gasteiger partial charge in [-0.25, -0.2) is 0 Å². The van der Waals surface area contributed by atoms with E-state index in [0.29, 0.717) is 29.5 Å². The first kappa shape index (κ1) is 17.6. The van der Waals surface area contributed by atoms with Crippen molar-refractivity contribution in [3.05, 3.63) is 0 Å². The van der Waals surface area contributed by atoms with Crippen LogP contribution in [0.3, 0.4) is 0 Å². The molecule has 108 valence electrons. The van der Waals surface area contributed by atoms with E-state index >= 15 is 0 Å². The lowest BCUT2D eigenvalue weighted by Crippen LogP contribution is -2.16. The lowest BCUT2D eigenvalue weighted by atomic mass is 9.86. The van der Waals surface area contributed by atoms with Gasteiger partial charge in [-0.2, -0.15) is 0 Å². The summed E-state index contributed by atoms with van der Waals surface area (Å²) >= 11 is 0. The van der Waals surface area contributed by atoms with Gasteiger partial charge < -0.3 is 5.73 Å². The van der Waals surface area contributed by atoms with Crippen molar-refractivity contribution in [2.75, 3.05) is 6.54 Å². The Morgan fingerprint density at radius 3 is 2.11 bits per heavy atom. The Kier molecular flexibility index (Phi) is 9.35. The third-order valence-electron chi connectivity index (χ3n) is 3.72. The molecule has 0 spiro atoms. The van der Waals surface area contributed by atoms with Crippen LogP contribution < -0.4 is 5.73 Å². The van der Waals surface area contributed by atoms with Crippen molar-refractivity contribution in [3.63, 3.8) is 0 Å². The minimum Gasteiger partial charge on any atom is -0.330 e. The molecule has 0 heterocycles. The number of rotatable bonds is 10. The van der Waals surface area contributed by atoms with E-state index in [-0.39, 0.29) is 0 Å². The summed E-state index contributed by atoms with van der Waals surface area (Å²) in [5.41, 5.74) is 5.62. The molecule has 2 unspecified atom stereocenters. The fourth-order valence-electron chi connectivity index (χ4n) is 2.75. The molecule has 0 aromatic heterocycles. The Hall–Kier alpha value is -0.370. The van der Waals surface area contributed by atoms with Crippen molar-refractivity contribution < 1.29 is 4.79 Å². The first-order valence-electron chi connectivity index (χ1n) is 7.58. The maximum atomic E-state index is 11.9. The number of nitrogens with two attached hydrogens (primary N) is 1. The molecule has 0 aliphatic carbocycles. The fraction of sp³-hybridized carbons (Fsp3) is 0.938. The summed E-state index contributed by atoms with van der Waals surface area (Å²) < 4.78 is 0. The fourth-order valence-corrected chi connectivity index (χ4v) is 2.75. The van der Waals surface area contributed by atoms with Crippen LogP contribution in [-0.4, -0.2) is 12.3 Å². The van der Waals surface area contributed by atoms with Crippen LogP contribution >= 0.6 is 0 Å². The van der Waals surface area contributed by atoms with Crippen molar-refractivity contribution in [3.8, 4) is 0 Å². The average Bonchev–Trinajstić information content (AvgIpc) is 2.22. The maximum absolute atomic E-state index is 11.9. The van der Waals surface area contributed by atoms with Crippen LogP contribution in [-0.2, 0) is 4.79 Å². The third kappa shape index (κ3) is 8.68. The van der Waals surface area contributed by atoms with Crippen molar-refractivity contribution in [1.29, 1.82) is 0 Å². The van der Waals surface area contributed by atoms with Crippen LogP contribution in [0.5, 0.6) is 0 Å². The van der Waals surface area contributed by atoms with E-state index in [1.807, 2.05) is 0 Å². The quantitative estimate of drug-likeness (QED) is 0.640. The van der Waals surface area contributed by atoms with Gasteiger partial charge in [-0.3, -0.25) is 4.79 Å². The van der Waals surface area contributed by atoms with Gasteiger partial charge in [0.25, 0.3) is 0 Å². The van der Waals surface area contributed by atoms with Gasteiger partial charge in [-0.05, 0) is 49.5 Å². The Morgan fingerprint density at radius 1 is 1.06 bits per heavy atom. The number of ketones is 1. The predicted molar refractivity (Wildman–Crippen MR) is 79.5 cm³/mol. The van der Waals surface area contributed by atoms with E-state index in [1.165, 1.54) is 0 Å². The SMILES string of the molecule is CC(C)CC(C)CC(=O)CCC(CCN)C(C)C. The lowest BCUT2D eigenvalue weighted by Gasteiger charge is -2.20. The van der Waals surface area contributed by atoms with E-state index in [0.717, 1.165) is 38.6 Å². The van der Waals surface area contributed by atoms with Crippen LogP contribution in [0.15, 0.2) is 0 Å². The van der Waals surface area contributed by atoms with E-state index in [4.69, 9.17) is 5.73 Å². The van der Waals surface area contributed by atoms with Crippen molar-refractivity contribution >= 4 is 5.78 Å². The van der Waals surface area contributed by atoms with E-state index < -0.39 is 0 Å². The Bertz CT molecular complexity index is 223. The Morgan fingerprint density at radius 2 is 1.67 bits per heavy atom. The van der Waals surface area contributed by atoms with Crippen molar-refractivity contribution in [2.45, 2.75) is 66.7 Å². The highest BCUT2D eigenvalue weighted by atomic mass is 16.1. The van der Waals surface area contributed by atoms with Gasteiger partial charge in [0.05, 0.1) is 0 Å². The molecule has 0 rings (SSSR count). The molecule has 0 bridgehead atoms. The molecule has 0 radical (unpaired) electrons. The van der Waals surface area contributed by atoms with Gasteiger partial charge in [0.2, 0.25) is 0 Å². The molecule has 0 aliphatic rings. The minimum absolute atomic E-state index is 0.436. The Balaban J connectivity index is 3.93. The second kappa shape index (κ2) is 9.55. The number of carbonyl (C=O) groups excluding carboxylic acids is 1. The normalized spacial score (nSPS) is 15.1. The van der Waals surface area contributed by atoms with Crippen molar-refractivity contribution in [2.24, 2.45) is 29.4 Å². The van der Waals surface area contributed by atoms with Gasteiger partial charge in [0.15, 0.2) is 0 Å². The lowest BCUT2D eigenvalue weighted by molar-refractivity contribution is -0.120. The predicted octanol–water partition coefficient (Wildman–Crippen LogP) is 4.03. The molecular formula is C16H33NO. The number of hydrogen-bond acceptors (Lipinski definition) is 2. The summed E-state index contributed by atoms with van der Waals surface area (Å²) in [5.74, 6) is 2.90. The summed E-state index contributed by atoms with van der Waals surface area (Å²) in [6, 6.07) is 0. The molecule has 0 fully saturated rings. The molecule has 0 amide bonds. The Labute approximate surface area is 114 Å². The molecule has 2 heteroatoms. The summed E-state index contributed by atoms with van der Waals surface area (Å²) in [4.78, 5) is 11.9. The zero-order valence-electron chi connectivity index (χ0n) is 13.0. The number of carbonyl (C=O) groups is 1. The highest BCUT2D eigenvalue weighted by Gasteiger charge is 2.16. The molecule has 18 heavy (non-hydrogen) atoms. The first-order valence-corrected chi connectivity index (χ1v) is 7.58. The minimum atomic E-state index is 0.436. The van der Waals surface area contributed by atoms with Crippen LogP contribution in [0.4, 0.5) is 0 Å². The standard InChI is InChI=1S/C16H33NO/c1-12(2)10-14(5)11-16(18)7-6-15(8-9-17)13(3)4/h12-15H,6-11,17H2,1-5H3. The maximum Gasteiger partial charge on any atom is 0.133 e. The highest BCUT2D eigenvalue weighted by Crippen LogP contribution is 2.22. The average molecular weight is 255 g/mol. The van der Waals surface area contributed by atoms with Gasteiger partial charge in [0, 0.05) is 12.8 Å². The molecular weight excluding hydrogens is 222 g/mol. The molecule has 0 aromatic carbocycles. The van der Waals surface area contributed by atoms with Gasteiger partial charge in [-0.1, -0.05) is 34.6 Å². The van der Waals surface area contributed by atoms with Crippen LogP contribution in [0, 0.1) is 23.7 Å². The van der Waals surface area contributed by atoms with Gasteiger partial charge >= 0.3 is 0 Å². The monoisotopic (exact) mass is 255 g/mol. The smallest absolute Gasteiger partial charge is 0.133 e. The van der Waals surface area contributed by atoms with E-state index in [9.17, 15) is 4.79 Å². The number of Topliss-reactive ketones (excluding diaryl/α,β-unsaturated/α-hetero) is 1. The molecule has 2 N–H and O–H groups in total. The molecule has 0 aliphatic heterocycles. The third-order valence-corrected chi connectivity index (χ3v) is 3.72. The van der Waals surface area contributed by atoms with Gasteiger partial charge in [0.1, 0.15) is 5.78 Å². The second-order valence-electron chi connectivity index (χ2n) is 6.60. The van der Waals surface area contributed by atoms with Crippen molar-refractivity contribution in [1.82, 2.24) is 0 Å². The van der Waals surface area contributed by atoms with Crippen LogP contribution in [0.2, 0.25) is 0 Å². The first-order chi connectivity index (χ1) is 8.36. The topological polar surface area (TPSA) is 43.1 Å². The highest BCUT2D eigenvalue weighted by molar-refractivity contribution is 5.78.